The molecule has 0 fully saturated rings. The van der Waals surface area contributed by atoms with E-state index in [1.165, 1.54) is 0 Å². The number of hydrogen-bond acceptors (Lipinski definition) is 5. The Labute approximate surface area is 142 Å². The lowest BCUT2D eigenvalue weighted by atomic mass is 10.00. The average Bonchev–Trinajstić information content (AvgIpc) is 2.56. The fraction of sp³-hybridized carbons (Fsp3) is 0.944. The number of unbranched alkanes of at least 4 members (excludes halogenated alkanes) is 2. The summed E-state index contributed by atoms with van der Waals surface area (Å²) in [5.41, 5.74) is 0. The highest BCUT2D eigenvalue weighted by molar-refractivity contribution is 5.72. The monoisotopic (exact) mass is 332 g/mol. The predicted octanol–water partition coefficient (Wildman–Crippen LogP) is 3.60. The van der Waals surface area contributed by atoms with Crippen LogP contribution >= 0.6 is 0 Å². The summed E-state index contributed by atoms with van der Waals surface area (Å²) in [7, 11) is 0. The Morgan fingerprint density at radius 1 is 0.739 bits per heavy atom. The molecule has 0 aliphatic rings. The van der Waals surface area contributed by atoms with Crippen molar-refractivity contribution in [1.29, 1.82) is 0 Å². The van der Waals surface area contributed by atoms with Crippen LogP contribution in [0.2, 0.25) is 0 Å². The summed E-state index contributed by atoms with van der Waals surface area (Å²) < 4.78 is 21.4. The van der Waals surface area contributed by atoms with E-state index < -0.39 is 0 Å². The van der Waals surface area contributed by atoms with Crippen LogP contribution in [0.1, 0.15) is 59.3 Å². The number of ether oxygens (including phenoxy) is 4. The van der Waals surface area contributed by atoms with E-state index in [1.807, 2.05) is 6.92 Å². The second-order valence-electron chi connectivity index (χ2n) is 5.61. The Bertz CT molecular complexity index is 258. The smallest absolute Gasteiger partial charge is 0.308 e. The summed E-state index contributed by atoms with van der Waals surface area (Å²) in [4.78, 5) is 11.8. The molecule has 0 amide bonds. The number of carbonyl (C=O) groups is 1. The quantitative estimate of drug-likeness (QED) is 0.301. The molecule has 0 aliphatic heterocycles. The number of esters is 1. The molecule has 0 aromatic rings. The summed E-state index contributed by atoms with van der Waals surface area (Å²) >= 11 is 0. The average molecular weight is 332 g/mol. The molecule has 0 bridgehead atoms. The first-order valence-electron chi connectivity index (χ1n) is 9.16. The van der Waals surface area contributed by atoms with Gasteiger partial charge in [-0.05, 0) is 19.3 Å². The van der Waals surface area contributed by atoms with Gasteiger partial charge in [0.25, 0.3) is 0 Å². The van der Waals surface area contributed by atoms with Gasteiger partial charge in [-0.25, -0.2) is 0 Å². The van der Waals surface area contributed by atoms with Gasteiger partial charge >= 0.3 is 5.97 Å². The Kier molecular flexibility index (Phi) is 17.2. The molecule has 0 radical (unpaired) electrons. The van der Waals surface area contributed by atoms with E-state index in [-0.39, 0.29) is 11.9 Å². The lowest BCUT2D eigenvalue weighted by Gasteiger charge is -2.13. The van der Waals surface area contributed by atoms with Gasteiger partial charge < -0.3 is 18.9 Å². The highest BCUT2D eigenvalue weighted by Crippen LogP contribution is 2.14. The highest BCUT2D eigenvalue weighted by Gasteiger charge is 2.16. The van der Waals surface area contributed by atoms with Gasteiger partial charge in [-0.2, -0.15) is 0 Å². The molecule has 0 spiro atoms. The van der Waals surface area contributed by atoms with Crippen LogP contribution in [0, 0.1) is 5.92 Å². The van der Waals surface area contributed by atoms with Crippen LogP contribution in [0.5, 0.6) is 0 Å². The molecule has 138 valence electrons. The van der Waals surface area contributed by atoms with Crippen molar-refractivity contribution in [1.82, 2.24) is 0 Å². The minimum absolute atomic E-state index is 0.0333. The van der Waals surface area contributed by atoms with Crippen LogP contribution in [0.4, 0.5) is 0 Å². The number of rotatable bonds is 17. The molecular weight excluding hydrogens is 296 g/mol. The van der Waals surface area contributed by atoms with Gasteiger partial charge in [0, 0.05) is 6.61 Å². The molecule has 0 aromatic heterocycles. The standard InChI is InChI=1S/C18H36O5/c1-4-7-9-17(6-3)18(19)23-16-15-22-14-13-21-12-11-20-10-8-5-2/h17H,4-16H2,1-3H3. The van der Waals surface area contributed by atoms with Crippen LogP contribution < -0.4 is 0 Å². The number of carbonyl (C=O) groups excluding carboxylic acids is 1. The zero-order valence-corrected chi connectivity index (χ0v) is 15.3. The van der Waals surface area contributed by atoms with E-state index in [2.05, 4.69) is 13.8 Å². The first-order chi connectivity index (χ1) is 11.3. The molecule has 23 heavy (non-hydrogen) atoms. The second kappa shape index (κ2) is 17.7. The van der Waals surface area contributed by atoms with Gasteiger partial charge in [-0.1, -0.05) is 40.0 Å². The normalized spacial score (nSPS) is 12.3. The molecule has 0 aliphatic carbocycles. The summed E-state index contributed by atoms with van der Waals surface area (Å²) in [5, 5.41) is 0. The van der Waals surface area contributed by atoms with Crippen LogP contribution in [0.15, 0.2) is 0 Å². The molecule has 0 saturated heterocycles. The zero-order valence-electron chi connectivity index (χ0n) is 15.3. The van der Waals surface area contributed by atoms with Crippen molar-refractivity contribution in [3.05, 3.63) is 0 Å². The summed E-state index contributed by atoms with van der Waals surface area (Å²) in [6.45, 7) is 10.1. The van der Waals surface area contributed by atoms with Crippen molar-refractivity contribution in [3.8, 4) is 0 Å². The predicted molar refractivity (Wildman–Crippen MR) is 91.6 cm³/mol. The van der Waals surface area contributed by atoms with Gasteiger partial charge in [-0.15, -0.1) is 0 Å². The highest BCUT2D eigenvalue weighted by atomic mass is 16.6. The van der Waals surface area contributed by atoms with Gasteiger partial charge in [0.15, 0.2) is 0 Å². The molecule has 0 heterocycles. The Morgan fingerprint density at radius 3 is 1.78 bits per heavy atom. The summed E-state index contributed by atoms with van der Waals surface area (Å²) in [5.74, 6) is -0.0592. The molecule has 5 nitrogen and oxygen atoms in total. The maximum Gasteiger partial charge on any atom is 0.308 e. The van der Waals surface area contributed by atoms with Crippen molar-refractivity contribution >= 4 is 5.97 Å². The van der Waals surface area contributed by atoms with Gasteiger partial charge in [-0.3, -0.25) is 4.79 Å². The van der Waals surface area contributed by atoms with Crippen LogP contribution in [-0.2, 0) is 23.7 Å². The molecule has 0 saturated carbocycles. The SMILES string of the molecule is CCCCOCCOCCOCCOC(=O)C(CC)CCCC. The largest absolute Gasteiger partial charge is 0.463 e. The van der Waals surface area contributed by atoms with Gasteiger partial charge in [0.1, 0.15) is 6.61 Å². The van der Waals surface area contributed by atoms with Crippen molar-refractivity contribution < 1.29 is 23.7 Å². The van der Waals surface area contributed by atoms with Crippen LogP contribution in [0.3, 0.4) is 0 Å². The maximum absolute atomic E-state index is 11.8. The molecule has 0 aromatic carbocycles. The van der Waals surface area contributed by atoms with Gasteiger partial charge in [0.05, 0.1) is 39.0 Å². The third kappa shape index (κ3) is 14.7. The van der Waals surface area contributed by atoms with Crippen molar-refractivity contribution in [3.63, 3.8) is 0 Å². The van der Waals surface area contributed by atoms with E-state index >= 15 is 0 Å². The second-order valence-corrected chi connectivity index (χ2v) is 5.61. The third-order valence-electron chi connectivity index (χ3n) is 3.59. The van der Waals surface area contributed by atoms with E-state index in [9.17, 15) is 4.79 Å². The van der Waals surface area contributed by atoms with Crippen LogP contribution in [-0.4, -0.2) is 52.2 Å². The van der Waals surface area contributed by atoms with E-state index in [0.29, 0.717) is 39.6 Å². The minimum Gasteiger partial charge on any atom is -0.463 e. The molecule has 1 atom stereocenters. The van der Waals surface area contributed by atoms with Crippen molar-refractivity contribution in [2.24, 2.45) is 5.92 Å². The Morgan fingerprint density at radius 2 is 1.26 bits per heavy atom. The molecular formula is C18H36O5. The Balaban J connectivity index is 3.33. The molecule has 1 unspecified atom stereocenters. The lowest BCUT2D eigenvalue weighted by Crippen LogP contribution is -2.20. The minimum atomic E-state index is -0.0926. The number of hydrogen-bond donors (Lipinski definition) is 0. The lowest BCUT2D eigenvalue weighted by molar-refractivity contribution is -0.150. The molecule has 0 N–H and O–H groups in total. The summed E-state index contributed by atoms with van der Waals surface area (Å²) in [6.07, 6.45) is 6.19. The first kappa shape index (κ1) is 22.4. The molecule has 5 heteroatoms. The van der Waals surface area contributed by atoms with E-state index in [4.69, 9.17) is 18.9 Å². The first-order valence-corrected chi connectivity index (χ1v) is 9.16. The topological polar surface area (TPSA) is 54.0 Å². The van der Waals surface area contributed by atoms with Crippen LogP contribution in [0.25, 0.3) is 0 Å². The molecule has 0 rings (SSSR count). The van der Waals surface area contributed by atoms with E-state index in [0.717, 1.165) is 45.1 Å². The van der Waals surface area contributed by atoms with Gasteiger partial charge in [0.2, 0.25) is 0 Å². The summed E-state index contributed by atoms with van der Waals surface area (Å²) in [6, 6.07) is 0. The van der Waals surface area contributed by atoms with E-state index in [1.54, 1.807) is 0 Å². The van der Waals surface area contributed by atoms with Crippen molar-refractivity contribution in [2.45, 2.75) is 59.3 Å². The fourth-order valence-corrected chi connectivity index (χ4v) is 2.05. The Hall–Kier alpha value is -0.650. The van der Waals surface area contributed by atoms with Crippen molar-refractivity contribution in [2.75, 3.05) is 46.2 Å². The fourth-order valence-electron chi connectivity index (χ4n) is 2.05. The zero-order chi connectivity index (χ0) is 17.2. The third-order valence-corrected chi connectivity index (χ3v) is 3.59. The maximum atomic E-state index is 11.8.